The molecule has 20 nitrogen and oxygen atoms in total. The molecular weight excluding hydrogens is 685 g/mol. The van der Waals surface area contributed by atoms with Gasteiger partial charge in [0.2, 0.25) is 11.9 Å². The van der Waals surface area contributed by atoms with Gasteiger partial charge < -0.3 is 31.3 Å². The summed E-state index contributed by atoms with van der Waals surface area (Å²) in [5, 5.41) is 30.0. The number of oxime groups is 1. The highest BCUT2D eigenvalue weighted by Crippen LogP contribution is 2.33. The summed E-state index contributed by atoms with van der Waals surface area (Å²) in [4.78, 5) is 40.6. The van der Waals surface area contributed by atoms with Crippen LogP contribution in [0.15, 0.2) is 40.9 Å². The summed E-state index contributed by atoms with van der Waals surface area (Å²) in [6.45, 7) is 4.60. The number of piperidine rings is 1. The molecule has 0 aliphatic carbocycles. The van der Waals surface area contributed by atoms with Crippen molar-refractivity contribution in [1.82, 2.24) is 46.3 Å². The second-order valence-electron chi connectivity index (χ2n) is 11.6. The molecule has 2 aliphatic heterocycles. The van der Waals surface area contributed by atoms with Gasteiger partial charge in [-0.2, -0.15) is 18.7 Å². The minimum Gasteiger partial charge on any atom is -0.489 e. The van der Waals surface area contributed by atoms with Gasteiger partial charge in [0.15, 0.2) is 10.8 Å². The van der Waals surface area contributed by atoms with Crippen molar-refractivity contribution in [2.24, 2.45) is 5.16 Å². The molecule has 3 aromatic heterocycles. The molecule has 22 heteroatoms. The second-order valence-corrected chi connectivity index (χ2v) is 13.5. The summed E-state index contributed by atoms with van der Waals surface area (Å²) in [5.74, 6) is -0.501. The summed E-state index contributed by atoms with van der Waals surface area (Å²) in [6.07, 6.45) is 0.968. The van der Waals surface area contributed by atoms with Crippen LogP contribution in [0.3, 0.4) is 0 Å². The maximum absolute atomic E-state index is 13.4. The van der Waals surface area contributed by atoms with Crippen molar-refractivity contribution in [2.45, 2.75) is 50.4 Å². The van der Waals surface area contributed by atoms with Gasteiger partial charge in [-0.15, -0.1) is 25.8 Å². The molecule has 5 heterocycles. The minimum absolute atomic E-state index is 0.0273. The van der Waals surface area contributed by atoms with Gasteiger partial charge in [0.25, 0.3) is 11.8 Å². The summed E-state index contributed by atoms with van der Waals surface area (Å²) < 4.78 is 41.7. The van der Waals surface area contributed by atoms with Crippen LogP contribution in [0.4, 0.5) is 10.9 Å². The van der Waals surface area contributed by atoms with Crippen molar-refractivity contribution in [3.63, 3.8) is 0 Å². The number of nitrogens with one attached hydrogen (secondary N) is 4. The van der Waals surface area contributed by atoms with E-state index in [9.17, 15) is 18.0 Å². The molecule has 1 aromatic carbocycles. The first-order chi connectivity index (χ1) is 23.4. The van der Waals surface area contributed by atoms with Gasteiger partial charge in [0.1, 0.15) is 29.9 Å². The zero-order chi connectivity index (χ0) is 34.8. The van der Waals surface area contributed by atoms with E-state index in [0.29, 0.717) is 16.9 Å². The van der Waals surface area contributed by atoms with Crippen LogP contribution in [-0.4, -0.2) is 103 Å². The lowest BCUT2D eigenvalue weighted by molar-refractivity contribution is -0.218. The zero-order valence-electron chi connectivity index (χ0n) is 26.1. The summed E-state index contributed by atoms with van der Waals surface area (Å²) in [6, 6.07) is 8.37. The average Bonchev–Trinajstić information content (AvgIpc) is 3.76. The minimum atomic E-state index is -4.99. The third-order valence-corrected chi connectivity index (χ3v) is 8.79. The SMILES string of the molecule is CC1(C)C(NC(=O)C(=NOC(COc2ccc3nc(NC4CCNCC4)ccc3c2)c2nn[nH]n2)c2csc(N)n2)C(=O)N1OS(=O)(=O)O. The quantitative estimate of drug-likeness (QED) is 0.0471. The molecule has 49 heavy (non-hydrogen) atoms. The summed E-state index contributed by atoms with van der Waals surface area (Å²) in [5.41, 5.74) is 4.85. The van der Waals surface area contributed by atoms with Crippen LogP contribution in [0, 0.1) is 0 Å². The van der Waals surface area contributed by atoms with Crippen molar-refractivity contribution in [3.8, 4) is 5.75 Å². The number of amides is 2. The highest BCUT2D eigenvalue weighted by molar-refractivity contribution is 7.80. The second kappa shape index (κ2) is 13.8. The molecule has 7 N–H and O–H groups in total. The van der Waals surface area contributed by atoms with Gasteiger partial charge in [-0.25, -0.2) is 9.97 Å². The first-order valence-electron chi connectivity index (χ1n) is 14.9. The molecule has 0 radical (unpaired) electrons. The largest absolute Gasteiger partial charge is 0.489 e. The number of hydrogen-bond acceptors (Lipinski definition) is 17. The van der Waals surface area contributed by atoms with Crippen LogP contribution in [0.2, 0.25) is 0 Å². The smallest absolute Gasteiger partial charge is 0.418 e. The normalized spacial score (nSPS) is 18.9. The van der Waals surface area contributed by atoms with E-state index < -0.39 is 39.9 Å². The Morgan fingerprint density at radius 1 is 1.24 bits per heavy atom. The number of nitrogens with zero attached hydrogens (tertiary/aromatic N) is 7. The van der Waals surface area contributed by atoms with Crippen molar-refractivity contribution < 1.29 is 36.4 Å². The first-order valence-corrected chi connectivity index (χ1v) is 17.1. The number of H-pyrrole nitrogens is 1. The number of hydroxylamine groups is 2. The molecule has 2 atom stereocenters. The van der Waals surface area contributed by atoms with E-state index in [1.54, 1.807) is 6.07 Å². The Kier molecular flexibility index (Phi) is 9.56. The number of fused-ring (bicyclic) bond motifs is 1. The van der Waals surface area contributed by atoms with Crippen molar-refractivity contribution in [1.29, 1.82) is 0 Å². The maximum atomic E-state index is 13.4. The van der Waals surface area contributed by atoms with E-state index in [-0.39, 0.29) is 29.0 Å². The van der Waals surface area contributed by atoms with Gasteiger partial charge >= 0.3 is 10.4 Å². The van der Waals surface area contributed by atoms with E-state index >= 15 is 0 Å². The number of β-lactam (4-membered cyclic amide) rings is 1. The molecular formula is C27H32N12O8S2. The number of carbonyl (C=O) groups is 2. The highest BCUT2D eigenvalue weighted by atomic mass is 32.3. The predicted octanol–water partition coefficient (Wildman–Crippen LogP) is 0.332. The molecule has 2 saturated heterocycles. The molecule has 260 valence electrons. The van der Waals surface area contributed by atoms with Gasteiger partial charge in [0, 0.05) is 16.8 Å². The topological polar surface area (TPSA) is 274 Å². The average molecular weight is 717 g/mol. The fourth-order valence-electron chi connectivity index (χ4n) is 5.22. The number of aromatic amines is 1. The van der Waals surface area contributed by atoms with Crippen molar-refractivity contribution in [2.75, 3.05) is 30.7 Å². The van der Waals surface area contributed by atoms with Gasteiger partial charge in [0.05, 0.1) is 11.1 Å². The molecule has 2 amide bonds. The van der Waals surface area contributed by atoms with E-state index in [1.165, 1.54) is 19.2 Å². The molecule has 4 aromatic rings. The lowest BCUT2D eigenvalue weighted by Crippen LogP contribution is -2.76. The fraction of sp³-hybridized carbons (Fsp3) is 0.407. The number of nitrogens with two attached hydrogens (primary N) is 1. The number of pyridine rings is 1. The van der Waals surface area contributed by atoms with Crippen LogP contribution >= 0.6 is 11.3 Å². The first kappa shape index (κ1) is 33.9. The Labute approximate surface area is 282 Å². The number of hydrogen-bond donors (Lipinski definition) is 6. The number of nitrogen functional groups attached to an aromatic ring is 1. The highest BCUT2D eigenvalue weighted by Gasteiger charge is 2.58. The third kappa shape index (κ3) is 7.83. The zero-order valence-corrected chi connectivity index (χ0v) is 27.7. The lowest BCUT2D eigenvalue weighted by Gasteiger charge is -2.50. The Morgan fingerprint density at radius 3 is 2.71 bits per heavy atom. The number of carbonyl (C=O) groups excluding carboxylic acids is 2. The standard InChI is InChI=1S/C27H32N12O8S2/c1-27(2)22(25(41)39(27)47-49(42,43)44)33-24(40)21(18-13-48-26(28)32-18)36-46-19(23-34-37-38-35-23)12-45-16-4-5-17-14(11-16)3-6-20(31-17)30-15-7-9-29-10-8-15/h3-6,11,13,15,19,22,29H,7-10,12H2,1-2H3,(H2,28,32)(H,30,31)(H,33,40)(H,42,43,44)(H,34,35,37,38). The van der Waals surface area contributed by atoms with Crippen LogP contribution in [0.5, 0.6) is 5.75 Å². The lowest BCUT2D eigenvalue weighted by atomic mass is 9.84. The molecule has 2 unspecified atom stereocenters. The van der Waals surface area contributed by atoms with E-state index in [4.69, 9.17) is 24.8 Å². The van der Waals surface area contributed by atoms with Gasteiger partial charge in [-0.05, 0) is 70.1 Å². The Hall–Kier alpha value is -5.03. The molecule has 2 fully saturated rings. The number of benzene rings is 1. The number of rotatable bonds is 13. The number of tetrazole rings is 1. The Balaban J connectivity index is 1.17. The van der Waals surface area contributed by atoms with Crippen LogP contribution in [0.25, 0.3) is 10.9 Å². The number of thiazole rings is 1. The van der Waals surface area contributed by atoms with E-state index in [1.807, 2.05) is 24.3 Å². The van der Waals surface area contributed by atoms with Crippen LogP contribution in [0.1, 0.15) is 44.3 Å². The molecule has 6 rings (SSSR count). The fourth-order valence-corrected chi connectivity index (χ4v) is 6.22. The number of anilines is 2. The van der Waals surface area contributed by atoms with E-state index in [0.717, 1.165) is 54.0 Å². The van der Waals surface area contributed by atoms with Gasteiger partial charge in [-0.1, -0.05) is 10.4 Å². The molecule has 0 saturated carbocycles. The predicted molar refractivity (Wildman–Crippen MR) is 173 cm³/mol. The van der Waals surface area contributed by atoms with Crippen molar-refractivity contribution in [3.05, 3.63) is 47.2 Å². The van der Waals surface area contributed by atoms with Crippen LogP contribution < -0.4 is 26.4 Å². The summed E-state index contributed by atoms with van der Waals surface area (Å²) in [7, 11) is -4.99. The maximum Gasteiger partial charge on any atom is 0.418 e. The number of aromatic nitrogens is 6. The monoisotopic (exact) mass is 716 g/mol. The summed E-state index contributed by atoms with van der Waals surface area (Å²) >= 11 is 1.03. The molecule has 0 spiro atoms. The number of ether oxygens (including phenoxy) is 1. The van der Waals surface area contributed by atoms with Gasteiger partial charge in [-0.3, -0.25) is 14.1 Å². The van der Waals surface area contributed by atoms with Crippen molar-refractivity contribution >= 4 is 61.1 Å². The molecule has 0 bridgehead atoms. The van der Waals surface area contributed by atoms with Crippen LogP contribution in [-0.2, 0) is 29.1 Å². The van der Waals surface area contributed by atoms with E-state index in [2.05, 4.69) is 51.0 Å². The Bertz CT molecular complexity index is 1960. The Morgan fingerprint density at radius 2 is 2.04 bits per heavy atom. The molecule has 2 aliphatic rings. The third-order valence-electron chi connectivity index (χ3n) is 7.77.